The van der Waals surface area contributed by atoms with Crippen LogP contribution >= 0.6 is 0 Å². The molecule has 1 rings (SSSR count). The molecule has 0 bridgehead atoms. The zero-order valence-corrected chi connectivity index (χ0v) is 6.53. The lowest BCUT2D eigenvalue weighted by Crippen LogP contribution is -2.43. The molecule has 0 aliphatic carbocycles. The maximum absolute atomic E-state index is 11.0. The van der Waals surface area contributed by atoms with Crippen molar-refractivity contribution >= 4 is 17.8 Å². The lowest BCUT2D eigenvalue weighted by atomic mass is 10.6. The fourth-order valence-corrected chi connectivity index (χ4v) is 0.831. The monoisotopic (exact) mass is 168 g/mol. The summed E-state index contributed by atoms with van der Waals surface area (Å²) in [6.45, 7) is 2.09. The maximum Gasteiger partial charge on any atom is 0.331 e. The molecule has 0 radical (unpaired) electrons. The zero-order valence-electron chi connectivity index (χ0n) is 6.53. The summed E-state index contributed by atoms with van der Waals surface area (Å²) in [6, 6.07) is -0.669. The highest BCUT2D eigenvalue weighted by molar-refractivity contribution is 6.22. The molecule has 1 aliphatic heterocycles. The van der Waals surface area contributed by atoms with Gasteiger partial charge in [0.2, 0.25) is 0 Å². The van der Waals surface area contributed by atoms with Crippen molar-refractivity contribution in [3.05, 3.63) is 12.2 Å². The van der Waals surface area contributed by atoms with Crippen molar-refractivity contribution in [3.63, 3.8) is 0 Å². The first-order valence-corrected chi connectivity index (χ1v) is 3.50. The number of hydrogen-bond donors (Lipinski definition) is 1. The molecule has 5 heteroatoms. The van der Waals surface area contributed by atoms with E-state index in [2.05, 4.69) is 5.32 Å². The zero-order chi connectivity index (χ0) is 9.14. The Labute approximate surface area is 69.0 Å². The summed E-state index contributed by atoms with van der Waals surface area (Å²) in [5, 5.41) is 2.35. The second kappa shape index (κ2) is 3.17. The molecule has 0 saturated carbocycles. The number of rotatable bonds is 1. The molecular formula is C7H8N2O3. The number of hydrogen-bond acceptors (Lipinski definition) is 3. The van der Waals surface area contributed by atoms with Gasteiger partial charge in [-0.3, -0.25) is 9.59 Å². The van der Waals surface area contributed by atoms with E-state index < -0.39 is 17.8 Å². The van der Waals surface area contributed by atoms with Crippen molar-refractivity contribution in [1.82, 2.24) is 10.2 Å². The van der Waals surface area contributed by atoms with Crippen LogP contribution in [0.1, 0.15) is 6.92 Å². The molecule has 0 saturated heterocycles. The van der Waals surface area contributed by atoms with Crippen LogP contribution in [0, 0.1) is 0 Å². The third-order valence-corrected chi connectivity index (χ3v) is 1.34. The molecule has 0 aromatic rings. The van der Waals surface area contributed by atoms with Gasteiger partial charge in [-0.25, -0.2) is 4.79 Å². The minimum Gasteiger partial charge on any atom is -0.338 e. The van der Waals surface area contributed by atoms with Crippen LogP contribution in [-0.2, 0) is 9.59 Å². The van der Waals surface area contributed by atoms with Crippen molar-refractivity contribution in [3.8, 4) is 0 Å². The van der Waals surface area contributed by atoms with Crippen LogP contribution in [0.3, 0.4) is 0 Å². The summed E-state index contributed by atoms with van der Waals surface area (Å²) >= 11 is 0. The first-order chi connectivity index (χ1) is 5.66. The summed E-state index contributed by atoms with van der Waals surface area (Å²) in [4.78, 5) is 33.3. The second-order valence-corrected chi connectivity index (χ2v) is 2.18. The predicted molar refractivity (Wildman–Crippen MR) is 40.1 cm³/mol. The molecule has 0 fully saturated rings. The van der Waals surface area contributed by atoms with Gasteiger partial charge >= 0.3 is 6.03 Å². The Morgan fingerprint density at radius 1 is 1.42 bits per heavy atom. The second-order valence-electron chi connectivity index (χ2n) is 2.18. The molecule has 4 amide bonds. The highest BCUT2D eigenvalue weighted by Crippen LogP contribution is 2.02. The Morgan fingerprint density at radius 3 is 2.33 bits per heavy atom. The van der Waals surface area contributed by atoms with E-state index in [1.165, 1.54) is 0 Å². The Balaban J connectivity index is 2.70. The summed E-state index contributed by atoms with van der Waals surface area (Å²) in [7, 11) is 0. The Hall–Kier alpha value is -1.65. The van der Waals surface area contributed by atoms with Gasteiger partial charge in [-0.05, 0) is 6.92 Å². The van der Waals surface area contributed by atoms with Crippen LogP contribution < -0.4 is 5.32 Å². The molecule has 1 aliphatic rings. The average Bonchev–Trinajstić information content (AvgIpc) is 2.32. The number of amides is 4. The molecule has 0 atom stereocenters. The van der Waals surface area contributed by atoms with Crippen molar-refractivity contribution < 1.29 is 14.4 Å². The number of carbonyl (C=O) groups is 3. The standard InChI is InChI=1S/C7H8N2O3/c1-2-8-7(12)9-5(10)3-4-6(9)11/h3-4H,2H2,1H3,(H,8,12). The largest absolute Gasteiger partial charge is 0.338 e. The number of imide groups is 3. The third-order valence-electron chi connectivity index (χ3n) is 1.34. The molecule has 64 valence electrons. The fraction of sp³-hybridized carbons (Fsp3) is 0.286. The van der Waals surface area contributed by atoms with Gasteiger partial charge < -0.3 is 5.32 Å². The van der Waals surface area contributed by atoms with Crippen molar-refractivity contribution in [2.45, 2.75) is 6.92 Å². The summed E-state index contributed by atoms with van der Waals surface area (Å²) in [6.07, 6.45) is 2.13. The van der Waals surface area contributed by atoms with E-state index in [9.17, 15) is 14.4 Å². The molecule has 0 aromatic carbocycles. The predicted octanol–water partition coefficient (Wildman–Crippen LogP) is -0.359. The van der Waals surface area contributed by atoms with Gasteiger partial charge in [0.05, 0.1) is 0 Å². The highest BCUT2D eigenvalue weighted by atomic mass is 16.2. The van der Waals surface area contributed by atoms with Gasteiger partial charge in [0, 0.05) is 18.7 Å². The summed E-state index contributed by atoms with van der Waals surface area (Å²) in [5.74, 6) is -1.18. The Kier molecular flexibility index (Phi) is 2.23. The SMILES string of the molecule is CCNC(=O)N1C(=O)C=CC1=O. The van der Waals surface area contributed by atoms with Gasteiger partial charge in [-0.2, -0.15) is 4.90 Å². The summed E-state index contributed by atoms with van der Waals surface area (Å²) in [5.41, 5.74) is 0. The first kappa shape index (κ1) is 8.45. The quantitative estimate of drug-likeness (QED) is 0.544. The number of nitrogens with zero attached hydrogens (tertiary/aromatic N) is 1. The first-order valence-electron chi connectivity index (χ1n) is 3.50. The van der Waals surface area contributed by atoms with Gasteiger partial charge in [-0.1, -0.05) is 0 Å². The van der Waals surface area contributed by atoms with Crippen LogP contribution in [0.5, 0.6) is 0 Å². The third kappa shape index (κ3) is 1.34. The van der Waals surface area contributed by atoms with Crippen molar-refractivity contribution in [2.24, 2.45) is 0 Å². The van der Waals surface area contributed by atoms with Crippen LogP contribution in [0.15, 0.2) is 12.2 Å². The lowest BCUT2D eigenvalue weighted by Gasteiger charge is -2.11. The van der Waals surface area contributed by atoms with Gasteiger partial charge in [0.1, 0.15) is 0 Å². The Morgan fingerprint density at radius 2 is 1.92 bits per heavy atom. The number of nitrogens with one attached hydrogen (secondary N) is 1. The van der Waals surface area contributed by atoms with E-state index >= 15 is 0 Å². The molecule has 12 heavy (non-hydrogen) atoms. The lowest BCUT2D eigenvalue weighted by molar-refractivity contribution is -0.133. The van der Waals surface area contributed by atoms with E-state index in [4.69, 9.17) is 0 Å². The van der Waals surface area contributed by atoms with Gasteiger partial charge in [0.25, 0.3) is 11.8 Å². The molecule has 1 N–H and O–H groups in total. The Bertz CT molecular complexity index is 252. The van der Waals surface area contributed by atoms with Crippen molar-refractivity contribution in [1.29, 1.82) is 0 Å². The highest BCUT2D eigenvalue weighted by Gasteiger charge is 2.29. The van der Waals surface area contributed by atoms with Crippen LogP contribution in [-0.4, -0.2) is 29.3 Å². The normalized spacial score (nSPS) is 15.6. The van der Waals surface area contributed by atoms with Crippen LogP contribution in [0.4, 0.5) is 4.79 Å². The molecule has 1 heterocycles. The number of urea groups is 1. The minimum absolute atomic E-state index is 0.385. The van der Waals surface area contributed by atoms with E-state index in [-0.39, 0.29) is 0 Å². The maximum atomic E-state index is 11.0. The molecule has 0 aromatic heterocycles. The molecular weight excluding hydrogens is 160 g/mol. The van der Waals surface area contributed by atoms with Gasteiger partial charge in [-0.15, -0.1) is 0 Å². The molecule has 0 unspecified atom stereocenters. The van der Waals surface area contributed by atoms with E-state index in [0.29, 0.717) is 11.4 Å². The molecule has 5 nitrogen and oxygen atoms in total. The average molecular weight is 168 g/mol. The molecule has 0 spiro atoms. The van der Waals surface area contributed by atoms with E-state index in [1.54, 1.807) is 6.92 Å². The fourth-order valence-electron chi connectivity index (χ4n) is 0.831. The van der Waals surface area contributed by atoms with Crippen molar-refractivity contribution in [2.75, 3.05) is 6.54 Å². The summed E-state index contributed by atoms with van der Waals surface area (Å²) < 4.78 is 0. The smallest absolute Gasteiger partial charge is 0.331 e. The topological polar surface area (TPSA) is 66.5 Å². The van der Waals surface area contributed by atoms with E-state index in [1.807, 2.05) is 0 Å². The van der Waals surface area contributed by atoms with Crippen LogP contribution in [0.2, 0.25) is 0 Å². The van der Waals surface area contributed by atoms with Gasteiger partial charge in [0.15, 0.2) is 0 Å². The minimum atomic E-state index is -0.669. The van der Waals surface area contributed by atoms with E-state index in [0.717, 1.165) is 12.2 Å². The number of carbonyl (C=O) groups excluding carboxylic acids is 3. The van der Waals surface area contributed by atoms with Crippen LogP contribution in [0.25, 0.3) is 0 Å².